The van der Waals surface area contributed by atoms with E-state index in [4.69, 9.17) is 10.5 Å². The molecule has 0 unspecified atom stereocenters. The molecule has 2 rings (SSSR count). The van der Waals surface area contributed by atoms with E-state index in [9.17, 15) is 4.79 Å². The van der Waals surface area contributed by atoms with Gasteiger partial charge in [-0.3, -0.25) is 4.79 Å². The Kier molecular flexibility index (Phi) is 5.21. The Labute approximate surface area is 124 Å². The first-order valence-electron chi connectivity index (χ1n) is 7.09. The van der Waals surface area contributed by atoms with Gasteiger partial charge in [-0.05, 0) is 42.8 Å². The normalized spacial score (nSPS) is 10.1. The van der Waals surface area contributed by atoms with Crippen molar-refractivity contribution in [3.63, 3.8) is 0 Å². The van der Waals surface area contributed by atoms with Crippen molar-refractivity contribution in [3.05, 3.63) is 54.1 Å². The molecule has 0 spiro atoms. The van der Waals surface area contributed by atoms with Gasteiger partial charge < -0.3 is 15.8 Å². The minimum absolute atomic E-state index is 0.215. The fraction of sp³-hybridized carbons (Fsp3) is 0.235. The summed E-state index contributed by atoms with van der Waals surface area (Å²) in [6, 6.07) is 14.3. The lowest BCUT2D eigenvalue weighted by Gasteiger charge is -2.09. The first kappa shape index (κ1) is 14.9. The summed E-state index contributed by atoms with van der Waals surface area (Å²) in [4.78, 5) is 12.1. The Morgan fingerprint density at radius 3 is 2.52 bits per heavy atom. The molecule has 0 aliphatic rings. The number of amides is 1. The van der Waals surface area contributed by atoms with Crippen molar-refractivity contribution in [2.24, 2.45) is 0 Å². The molecule has 0 saturated carbocycles. The molecule has 0 aromatic heterocycles. The van der Waals surface area contributed by atoms with E-state index >= 15 is 0 Å². The number of ether oxygens (including phenoxy) is 1. The molecule has 0 radical (unpaired) electrons. The Balaban J connectivity index is 1.97. The Hall–Kier alpha value is -2.49. The molecule has 0 atom stereocenters. The average Bonchev–Trinajstić information content (AvgIpc) is 2.49. The number of hydrogen-bond donors (Lipinski definition) is 2. The topological polar surface area (TPSA) is 64.3 Å². The Morgan fingerprint density at radius 1 is 1.14 bits per heavy atom. The van der Waals surface area contributed by atoms with Crippen LogP contribution >= 0.6 is 0 Å². The molecule has 2 aromatic carbocycles. The number of nitrogens with one attached hydrogen (secondary N) is 1. The Bertz CT molecular complexity index is 594. The van der Waals surface area contributed by atoms with Crippen LogP contribution in [0, 0.1) is 0 Å². The number of hydrogen-bond acceptors (Lipinski definition) is 3. The highest BCUT2D eigenvalue weighted by atomic mass is 16.5. The second-order valence-electron chi connectivity index (χ2n) is 4.77. The van der Waals surface area contributed by atoms with Gasteiger partial charge in [0.25, 0.3) is 5.91 Å². The van der Waals surface area contributed by atoms with E-state index in [1.165, 1.54) is 0 Å². The smallest absolute Gasteiger partial charge is 0.257 e. The van der Waals surface area contributed by atoms with Crippen LogP contribution in [-0.2, 0) is 0 Å². The SMILES string of the molecule is CCCCOc1ccc(NC(=O)c2ccccc2N)cc1. The number of rotatable bonds is 6. The first-order valence-corrected chi connectivity index (χ1v) is 7.09. The highest BCUT2D eigenvalue weighted by molar-refractivity contribution is 6.07. The van der Waals surface area contributed by atoms with Gasteiger partial charge in [-0.15, -0.1) is 0 Å². The maximum Gasteiger partial charge on any atom is 0.257 e. The zero-order valence-corrected chi connectivity index (χ0v) is 12.1. The number of unbranched alkanes of at least 4 members (excludes halogenated alkanes) is 1. The van der Waals surface area contributed by atoms with E-state index in [2.05, 4.69) is 12.2 Å². The summed E-state index contributed by atoms with van der Waals surface area (Å²) in [7, 11) is 0. The predicted octanol–water partition coefficient (Wildman–Crippen LogP) is 3.70. The van der Waals surface area contributed by atoms with Gasteiger partial charge in [0.05, 0.1) is 12.2 Å². The summed E-state index contributed by atoms with van der Waals surface area (Å²) in [6.07, 6.45) is 2.14. The van der Waals surface area contributed by atoms with Crippen molar-refractivity contribution >= 4 is 17.3 Å². The van der Waals surface area contributed by atoms with Crippen molar-refractivity contribution < 1.29 is 9.53 Å². The van der Waals surface area contributed by atoms with Crippen LogP contribution in [0.25, 0.3) is 0 Å². The summed E-state index contributed by atoms with van der Waals surface area (Å²) in [5, 5.41) is 2.82. The number of nitrogen functional groups attached to an aromatic ring is 1. The summed E-state index contributed by atoms with van der Waals surface area (Å²) in [6.45, 7) is 2.83. The number of carbonyl (C=O) groups is 1. The highest BCUT2D eigenvalue weighted by Gasteiger charge is 2.08. The fourth-order valence-electron chi connectivity index (χ4n) is 1.87. The first-order chi connectivity index (χ1) is 10.2. The van der Waals surface area contributed by atoms with Crippen molar-refractivity contribution in [2.45, 2.75) is 19.8 Å². The fourth-order valence-corrected chi connectivity index (χ4v) is 1.87. The van der Waals surface area contributed by atoms with Gasteiger partial charge in [0.1, 0.15) is 5.75 Å². The van der Waals surface area contributed by atoms with Crippen LogP contribution in [0.4, 0.5) is 11.4 Å². The van der Waals surface area contributed by atoms with E-state index in [1.807, 2.05) is 24.3 Å². The largest absolute Gasteiger partial charge is 0.494 e. The molecule has 0 heterocycles. The molecule has 0 bridgehead atoms. The molecule has 0 aliphatic heterocycles. The van der Waals surface area contributed by atoms with Crippen LogP contribution in [0.1, 0.15) is 30.1 Å². The van der Waals surface area contributed by atoms with Crippen LogP contribution in [0.2, 0.25) is 0 Å². The van der Waals surface area contributed by atoms with Crippen LogP contribution in [0.3, 0.4) is 0 Å². The number of carbonyl (C=O) groups excluding carboxylic acids is 1. The highest BCUT2D eigenvalue weighted by Crippen LogP contribution is 2.18. The van der Waals surface area contributed by atoms with Gasteiger partial charge in [-0.1, -0.05) is 25.5 Å². The van der Waals surface area contributed by atoms with Gasteiger partial charge in [0, 0.05) is 11.4 Å². The molecule has 4 heteroatoms. The summed E-state index contributed by atoms with van der Waals surface area (Å²) in [5.74, 6) is 0.591. The molecule has 4 nitrogen and oxygen atoms in total. The van der Waals surface area contributed by atoms with Crippen LogP contribution in [-0.4, -0.2) is 12.5 Å². The lowest BCUT2D eigenvalue weighted by Crippen LogP contribution is -2.13. The average molecular weight is 284 g/mol. The lowest BCUT2D eigenvalue weighted by atomic mass is 10.1. The number of nitrogens with two attached hydrogens (primary N) is 1. The van der Waals surface area contributed by atoms with Gasteiger partial charge in [0.15, 0.2) is 0 Å². The van der Waals surface area contributed by atoms with E-state index < -0.39 is 0 Å². The molecule has 0 aliphatic carbocycles. The Morgan fingerprint density at radius 2 is 1.86 bits per heavy atom. The predicted molar refractivity (Wildman–Crippen MR) is 85.7 cm³/mol. The maximum atomic E-state index is 12.1. The number of anilines is 2. The molecule has 1 amide bonds. The molecule has 2 aromatic rings. The molecule has 3 N–H and O–H groups in total. The van der Waals surface area contributed by atoms with Crippen LogP contribution < -0.4 is 15.8 Å². The molecule has 21 heavy (non-hydrogen) atoms. The third kappa shape index (κ3) is 4.24. The molecule has 0 saturated heterocycles. The maximum absolute atomic E-state index is 12.1. The van der Waals surface area contributed by atoms with Gasteiger partial charge >= 0.3 is 0 Å². The molecular weight excluding hydrogens is 264 g/mol. The molecule has 110 valence electrons. The number of benzene rings is 2. The standard InChI is InChI=1S/C17H20N2O2/c1-2-3-12-21-14-10-8-13(9-11-14)19-17(20)15-6-4-5-7-16(15)18/h4-11H,2-3,12,18H2,1H3,(H,19,20). The summed E-state index contributed by atoms with van der Waals surface area (Å²) in [5.41, 5.74) is 7.44. The summed E-state index contributed by atoms with van der Waals surface area (Å²) < 4.78 is 5.58. The zero-order chi connectivity index (χ0) is 15.1. The summed E-state index contributed by atoms with van der Waals surface area (Å²) >= 11 is 0. The quantitative estimate of drug-likeness (QED) is 0.628. The van der Waals surface area contributed by atoms with E-state index in [0.29, 0.717) is 23.5 Å². The lowest BCUT2D eigenvalue weighted by molar-refractivity contribution is 0.102. The minimum atomic E-state index is -0.215. The van der Waals surface area contributed by atoms with Gasteiger partial charge in [-0.2, -0.15) is 0 Å². The van der Waals surface area contributed by atoms with E-state index in [0.717, 1.165) is 18.6 Å². The third-order valence-corrected chi connectivity index (χ3v) is 3.08. The van der Waals surface area contributed by atoms with Crippen molar-refractivity contribution in [2.75, 3.05) is 17.7 Å². The van der Waals surface area contributed by atoms with Gasteiger partial charge in [-0.25, -0.2) is 0 Å². The monoisotopic (exact) mass is 284 g/mol. The zero-order valence-electron chi connectivity index (χ0n) is 12.1. The van der Waals surface area contributed by atoms with Crippen LogP contribution in [0.5, 0.6) is 5.75 Å². The van der Waals surface area contributed by atoms with E-state index in [1.54, 1.807) is 24.3 Å². The van der Waals surface area contributed by atoms with E-state index in [-0.39, 0.29) is 5.91 Å². The number of para-hydroxylation sites is 1. The second kappa shape index (κ2) is 7.33. The van der Waals surface area contributed by atoms with Gasteiger partial charge in [0.2, 0.25) is 0 Å². The van der Waals surface area contributed by atoms with Crippen molar-refractivity contribution in [3.8, 4) is 5.75 Å². The molecule has 0 fully saturated rings. The molecular formula is C17H20N2O2. The van der Waals surface area contributed by atoms with Crippen LogP contribution in [0.15, 0.2) is 48.5 Å². The third-order valence-electron chi connectivity index (χ3n) is 3.08. The van der Waals surface area contributed by atoms with Crippen molar-refractivity contribution in [1.82, 2.24) is 0 Å². The second-order valence-corrected chi connectivity index (χ2v) is 4.77. The minimum Gasteiger partial charge on any atom is -0.494 e. The van der Waals surface area contributed by atoms with Crippen molar-refractivity contribution in [1.29, 1.82) is 0 Å².